The van der Waals surface area contributed by atoms with Crippen LogP contribution in [-0.4, -0.2) is 16.1 Å². The highest BCUT2D eigenvalue weighted by Gasteiger charge is 2.21. The standard InChI is InChI=1S/C18H22N4O/c1-11(2)13-7-6-12-4-3-5-15(14(12)10-13)20-17-9-8-16(18(19)23)21-22-17/h6-11,15H,3-5H2,1-2H3,(H2,19,23)(H,20,22)/t15-/m1/s1. The summed E-state index contributed by atoms with van der Waals surface area (Å²) in [5, 5.41) is 11.4. The third-order valence-electron chi connectivity index (χ3n) is 4.39. The SMILES string of the molecule is CC(C)c1ccc2c(c1)[C@H](Nc1ccc(C(N)=O)nn1)CCC2. The van der Waals surface area contributed by atoms with E-state index in [4.69, 9.17) is 5.73 Å². The Morgan fingerprint density at radius 1 is 1.26 bits per heavy atom. The van der Waals surface area contributed by atoms with Crippen molar-refractivity contribution < 1.29 is 4.79 Å². The van der Waals surface area contributed by atoms with Crippen molar-refractivity contribution >= 4 is 11.7 Å². The summed E-state index contributed by atoms with van der Waals surface area (Å²) in [5.41, 5.74) is 9.48. The van der Waals surface area contributed by atoms with Crippen LogP contribution in [0.25, 0.3) is 0 Å². The van der Waals surface area contributed by atoms with Crippen LogP contribution in [0.1, 0.15) is 65.8 Å². The van der Waals surface area contributed by atoms with Crippen LogP contribution >= 0.6 is 0 Å². The van der Waals surface area contributed by atoms with Crippen molar-refractivity contribution in [3.8, 4) is 0 Å². The van der Waals surface area contributed by atoms with Crippen LogP contribution in [0, 0.1) is 0 Å². The third kappa shape index (κ3) is 3.33. The average Bonchev–Trinajstić information content (AvgIpc) is 2.55. The van der Waals surface area contributed by atoms with Gasteiger partial charge in [-0.15, -0.1) is 10.2 Å². The van der Waals surface area contributed by atoms with Crippen molar-refractivity contribution in [1.82, 2.24) is 10.2 Å². The minimum atomic E-state index is -0.561. The first-order valence-corrected chi connectivity index (χ1v) is 8.07. The zero-order valence-corrected chi connectivity index (χ0v) is 13.5. The maximum absolute atomic E-state index is 11.1. The van der Waals surface area contributed by atoms with Gasteiger partial charge in [0.25, 0.3) is 5.91 Å². The zero-order chi connectivity index (χ0) is 16.4. The van der Waals surface area contributed by atoms with Crippen molar-refractivity contribution in [2.24, 2.45) is 5.73 Å². The molecule has 23 heavy (non-hydrogen) atoms. The van der Waals surface area contributed by atoms with Crippen molar-refractivity contribution in [1.29, 1.82) is 0 Å². The van der Waals surface area contributed by atoms with Crippen LogP contribution in [0.4, 0.5) is 5.82 Å². The molecule has 1 aliphatic carbocycles. The number of nitrogens with two attached hydrogens (primary N) is 1. The molecule has 1 aromatic carbocycles. The van der Waals surface area contributed by atoms with Crippen LogP contribution in [0.15, 0.2) is 30.3 Å². The van der Waals surface area contributed by atoms with E-state index in [0.29, 0.717) is 11.7 Å². The average molecular weight is 310 g/mol. The Morgan fingerprint density at radius 2 is 2.09 bits per heavy atom. The fourth-order valence-corrected chi connectivity index (χ4v) is 3.05. The van der Waals surface area contributed by atoms with E-state index >= 15 is 0 Å². The van der Waals surface area contributed by atoms with Crippen LogP contribution < -0.4 is 11.1 Å². The van der Waals surface area contributed by atoms with Crippen molar-refractivity contribution in [2.75, 3.05) is 5.32 Å². The van der Waals surface area contributed by atoms with Gasteiger partial charge in [-0.2, -0.15) is 0 Å². The molecule has 1 atom stereocenters. The molecule has 0 bridgehead atoms. The second kappa shape index (κ2) is 6.36. The third-order valence-corrected chi connectivity index (χ3v) is 4.39. The highest BCUT2D eigenvalue weighted by molar-refractivity contribution is 5.90. The van der Waals surface area contributed by atoms with Gasteiger partial charge in [0.1, 0.15) is 5.82 Å². The Bertz CT molecular complexity index is 709. The maximum atomic E-state index is 11.1. The lowest BCUT2D eigenvalue weighted by atomic mass is 9.85. The van der Waals surface area contributed by atoms with Gasteiger partial charge in [0.05, 0.1) is 6.04 Å². The number of amides is 1. The first-order valence-electron chi connectivity index (χ1n) is 8.07. The molecule has 5 heteroatoms. The van der Waals surface area contributed by atoms with Gasteiger partial charge in [0.15, 0.2) is 5.69 Å². The highest BCUT2D eigenvalue weighted by Crippen LogP contribution is 2.34. The van der Waals surface area contributed by atoms with E-state index in [1.807, 2.05) is 0 Å². The summed E-state index contributed by atoms with van der Waals surface area (Å²) >= 11 is 0. The Morgan fingerprint density at radius 3 is 2.74 bits per heavy atom. The van der Waals surface area contributed by atoms with Gasteiger partial charge >= 0.3 is 0 Å². The molecule has 1 heterocycles. The first kappa shape index (κ1) is 15.5. The number of hydrogen-bond donors (Lipinski definition) is 2. The number of nitrogens with one attached hydrogen (secondary N) is 1. The van der Waals surface area contributed by atoms with E-state index < -0.39 is 5.91 Å². The van der Waals surface area contributed by atoms with E-state index in [1.165, 1.54) is 16.7 Å². The van der Waals surface area contributed by atoms with E-state index in [2.05, 4.69) is 47.6 Å². The first-order chi connectivity index (χ1) is 11.0. The van der Waals surface area contributed by atoms with Gasteiger partial charge in [-0.1, -0.05) is 32.0 Å². The summed E-state index contributed by atoms with van der Waals surface area (Å²) in [4.78, 5) is 11.1. The molecule has 0 saturated carbocycles. The smallest absolute Gasteiger partial charge is 0.269 e. The topological polar surface area (TPSA) is 80.9 Å². The number of aryl methyl sites for hydroxylation is 1. The molecule has 0 unspecified atom stereocenters. The van der Waals surface area contributed by atoms with Gasteiger partial charge in [0, 0.05) is 0 Å². The maximum Gasteiger partial charge on any atom is 0.269 e. The van der Waals surface area contributed by atoms with Crippen LogP contribution in [0.5, 0.6) is 0 Å². The molecule has 0 fully saturated rings. The number of benzene rings is 1. The monoisotopic (exact) mass is 310 g/mol. The van der Waals surface area contributed by atoms with E-state index in [9.17, 15) is 4.79 Å². The highest BCUT2D eigenvalue weighted by atomic mass is 16.1. The van der Waals surface area contributed by atoms with E-state index in [0.717, 1.165) is 19.3 Å². The van der Waals surface area contributed by atoms with E-state index in [-0.39, 0.29) is 11.7 Å². The molecule has 5 nitrogen and oxygen atoms in total. The van der Waals surface area contributed by atoms with Gasteiger partial charge in [-0.3, -0.25) is 4.79 Å². The van der Waals surface area contributed by atoms with Crippen molar-refractivity contribution in [3.05, 3.63) is 52.7 Å². The summed E-state index contributed by atoms with van der Waals surface area (Å²) in [6, 6.07) is 10.4. The van der Waals surface area contributed by atoms with Crippen LogP contribution in [0.2, 0.25) is 0 Å². The van der Waals surface area contributed by atoms with Crippen molar-refractivity contribution in [2.45, 2.75) is 45.1 Å². The molecule has 120 valence electrons. The second-order valence-corrected chi connectivity index (χ2v) is 6.37. The Kier molecular flexibility index (Phi) is 4.28. The van der Waals surface area contributed by atoms with E-state index in [1.54, 1.807) is 12.1 Å². The van der Waals surface area contributed by atoms with Crippen molar-refractivity contribution in [3.63, 3.8) is 0 Å². The Hall–Kier alpha value is -2.43. The summed E-state index contributed by atoms with van der Waals surface area (Å²) in [6.07, 6.45) is 3.34. The molecule has 1 aromatic heterocycles. The predicted octanol–water partition coefficient (Wildman–Crippen LogP) is 3.19. The lowest BCUT2D eigenvalue weighted by molar-refractivity contribution is 0.0994. The molecule has 0 saturated heterocycles. The number of fused-ring (bicyclic) bond motifs is 1. The van der Waals surface area contributed by atoms with Crippen LogP contribution in [-0.2, 0) is 6.42 Å². The van der Waals surface area contributed by atoms with Gasteiger partial charge in [-0.25, -0.2) is 0 Å². The fraction of sp³-hybridized carbons (Fsp3) is 0.389. The van der Waals surface area contributed by atoms with Gasteiger partial charge in [0.2, 0.25) is 0 Å². The van der Waals surface area contributed by atoms with Gasteiger partial charge < -0.3 is 11.1 Å². The number of carbonyl (C=O) groups excluding carboxylic acids is 1. The number of hydrogen-bond acceptors (Lipinski definition) is 4. The molecule has 2 aromatic rings. The molecular formula is C18H22N4O. The lowest BCUT2D eigenvalue weighted by Gasteiger charge is -2.27. The number of primary amides is 1. The Balaban J connectivity index is 1.84. The number of rotatable bonds is 4. The summed E-state index contributed by atoms with van der Waals surface area (Å²) < 4.78 is 0. The molecule has 0 radical (unpaired) electrons. The lowest BCUT2D eigenvalue weighted by Crippen LogP contribution is -2.19. The molecule has 1 aliphatic rings. The molecule has 0 aliphatic heterocycles. The molecule has 0 spiro atoms. The van der Waals surface area contributed by atoms with Crippen LogP contribution in [0.3, 0.4) is 0 Å². The second-order valence-electron chi connectivity index (χ2n) is 6.37. The number of nitrogens with zero attached hydrogens (tertiary/aromatic N) is 2. The molecular weight excluding hydrogens is 288 g/mol. The largest absolute Gasteiger partial charge is 0.364 e. The molecule has 3 rings (SSSR count). The summed E-state index contributed by atoms with van der Waals surface area (Å²) in [6.45, 7) is 4.42. The quantitative estimate of drug-likeness (QED) is 0.908. The summed E-state index contributed by atoms with van der Waals surface area (Å²) in [5.74, 6) is 0.619. The summed E-state index contributed by atoms with van der Waals surface area (Å²) in [7, 11) is 0. The minimum absolute atomic E-state index is 0.182. The minimum Gasteiger partial charge on any atom is -0.364 e. The zero-order valence-electron chi connectivity index (χ0n) is 13.5. The number of aromatic nitrogens is 2. The number of anilines is 1. The Labute approximate surface area is 136 Å². The number of carbonyl (C=O) groups is 1. The molecule has 3 N–H and O–H groups in total. The predicted molar refractivity (Wildman–Crippen MR) is 90.4 cm³/mol. The van der Waals surface area contributed by atoms with Gasteiger partial charge in [-0.05, 0) is 54.0 Å². The normalized spacial score (nSPS) is 16.9. The molecule has 1 amide bonds. The fourth-order valence-electron chi connectivity index (χ4n) is 3.05.